The maximum absolute atomic E-state index is 12.5. The Morgan fingerprint density at radius 3 is 2.35 bits per heavy atom. The molecule has 0 amide bonds. The summed E-state index contributed by atoms with van der Waals surface area (Å²) < 4.78 is 62.6. The summed E-state index contributed by atoms with van der Waals surface area (Å²) in [5.74, 6) is -2.43. The lowest BCUT2D eigenvalue weighted by atomic mass is 10.2. The van der Waals surface area contributed by atoms with Crippen molar-refractivity contribution in [2.75, 3.05) is 0 Å². The first kappa shape index (κ1) is 16.2. The van der Waals surface area contributed by atoms with Crippen molar-refractivity contribution < 1.29 is 36.6 Å². The van der Waals surface area contributed by atoms with Gasteiger partial charge in [-0.25, -0.2) is 8.42 Å². The molecule has 0 aliphatic rings. The van der Waals surface area contributed by atoms with Crippen molar-refractivity contribution in [3.8, 4) is 5.75 Å². The van der Waals surface area contributed by atoms with E-state index in [2.05, 4.69) is 0 Å². The molecule has 20 heavy (non-hydrogen) atoms. The molecule has 0 aliphatic heterocycles. The van der Waals surface area contributed by atoms with Crippen LogP contribution < -0.4 is 4.72 Å². The third-order valence-electron chi connectivity index (χ3n) is 2.28. The SMILES string of the molecule is C[C@@H](NS(=O)(=O)c1cc(C(F)(F)F)ccc1O)C(=O)O. The summed E-state index contributed by atoms with van der Waals surface area (Å²) >= 11 is 0. The minimum atomic E-state index is -4.80. The topological polar surface area (TPSA) is 104 Å². The molecule has 0 spiro atoms. The molecule has 0 unspecified atom stereocenters. The first-order valence-corrected chi connectivity index (χ1v) is 6.59. The number of carboxylic acid groups (broad SMARTS) is 1. The second-order valence-electron chi connectivity index (χ2n) is 3.86. The lowest BCUT2D eigenvalue weighted by Crippen LogP contribution is -2.38. The van der Waals surface area contributed by atoms with Crippen LogP contribution >= 0.6 is 0 Å². The summed E-state index contributed by atoms with van der Waals surface area (Å²) in [6.07, 6.45) is -4.80. The standard InChI is InChI=1S/C10H10F3NO5S/c1-5(9(16)17)14-20(18,19)8-4-6(10(11,12)13)2-3-7(8)15/h2-5,14-15H,1H3,(H,16,17)/t5-/m1/s1. The number of carbonyl (C=O) groups is 1. The summed E-state index contributed by atoms with van der Waals surface area (Å²) in [4.78, 5) is 9.51. The molecule has 6 nitrogen and oxygen atoms in total. The Labute approximate surface area is 111 Å². The van der Waals surface area contributed by atoms with Gasteiger partial charge in [0, 0.05) is 0 Å². The lowest BCUT2D eigenvalue weighted by molar-refractivity contribution is -0.139. The number of hydrogen-bond acceptors (Lipinski definition) is 4. The average molecular weight is 313 g/mol. The van der Waals surface area contributed by atoms with E-state index < -0.39 is 44.4 Å². The molecule has 0 heterocycles. The molecule has 3 N–H and O–H groups in total. The van der Waals surface area contributed by atoms with Crippen LogP contribution in [0.5, 0.6) is 5.75 Å². The highest BCUT2D eigenvalue weighted by Gasteiger charge is 2.33. The smallest absolute Gasteiger partial charge is 0.416 e. The number of rotatable bonds is 4. The predicted molar refractivity (Wildman–Crippen MR) is 60.5 cm³/mol. The summed E-state index contributed by atoms with van der Waals surface area (Å²) in [5, 5.41) is 17.9. The Balaban J connectivity index is 3.28. The second-order valence-corrected chi connectivity index (χ2v) is 5.54. The van der Waals surface area contributed by atoms with Gasteiger partial charge in [-0.2, -0.15) is 17.9 Å². The zero-order valence-corrected chi connectivity index (χ0v) is 10.8. The van der Waals surface area contributed by atoms with Gasteiger partial charge in [0.2, 0.25) is 10.0 Å². The Bertz CT molecular complexity index is 626. The minimum absolute atomic E-state index is 0.228. The fourth-order valence-electron chi connectivity index (χ4n) is 1.25. The maximum atomic E-state index is 12.5. The quantitative estimate of drug-likeness (QED) is 0.774. The highest BCUT2D eigenvalue weighted by molar-refractivity contribution is 7.89. The Kier molecular flexibility index (Phi) is 4.30. The van der Waals surface area contributed by atoms with E-state index in [1.807, 2.05) is 0 Å². The van der Waals surface area contributed by atoms with Crippen molar-refractivity contribution in [2.24, 2.45) is 0 Å². The van der Waals surface area contributed by atoms with Crippen molar-refractivity contribution in [3.05, 3.63) is 23.8 Å². The molecule has 10 heteroatoms. The fourth-order valence-corrected chi connectivity index (χ4v) is 2.57. The van der Waals surface area contributed by atoms with Gasteiger partial charge in [-0.3, -0.25) is 4.79 Å². The average Bonchev–Trinajstić information content (AvgIpc) is 2.26. The zero-order valence-electron chi connectivity index (χ0n) is 9.97. The number of alkyl halides is 3. The Morgan fingerprint density at radius 1 is 1.35 bits per heavy atom. The molecular formula is C10H10F3NO5S. The van der Waals surface area contributed by atoms with Gasteiger partial charge < -0.3 is 10.2 Å². The molecule has 0 saturated carbocycles. The molecule has 0 aliphatic carbocycles. The van der Waals surface area contributed by atoms with Crippen LogP contribution in [0.3, 0.4) is 0 Å². The summed E-state index contributed by atoms with van der Waals surface area (Å²) in [5.41, 5.74) is -1.28. The number of sulfonamides is 1. The van der Waals surface area contributed by atoms with Gasteiger partial charge in [0.05, 0.1) is 5.56 Å². The van der Waals surface area contributed by atoms with Gasteiger partial charge in [-0.05, 0) is 25.1 Å². The largest absolute Gasteiger partial charge is 0.507 e. The number of halogens is 3. The van der Waals surface area contributed by atoms with Gasteiger partial charge in [0.15, 0.2) is 0 Å². The molecule has 0 bridgehead atoms. The molecule has 0 fully saturated rings. The number of hydrogen-bond donors (Lipinski definition) is 3. The zero-order chi connectivity index (χ0) is 15.7. The number of carboxylic acids is 1. The van der Waals surface area contributed by atoms with E-state index in [0.29, 0.717) is 12.1 Å². The number of nitrogens with one attached hydrogen (secondary N) is 1. The monoisotopic (exact) mass is 313 g/mol. The van der Waals surface area contributed by atoms with Gasteiger partial charge in [-0.15, -0.1) is 0 Å². The molecule has 1 aromatic carbocycles. The van der Waals surface area contributed by atoms with Crippen LogP contribution in [-0.2, 0) is 21.0 Å². The lowest BCUT2D eigenvalue weighted by Gasteiger charge is -2.13. The van der Waals surface area contributed by atoms with E-state index in [0.717, 1.165) is 6.92 Å². The normalized spacial score (nSPS) is 14.0. The van der Waals surface area contributed by atoms with E-state index in [-0.39, 0.29) is 6.07 Å². The molecule has 112 valence electrons. The molecular weight excluding hydrogens is 303 g/mol. The Hall–Kier alpha value is -1.81. The third kappa shape index (κ3) is 3.61. The van der Waals surface area contributed by atoms with Crippen LogP contribution in [0.15, 0.2) is 23.1 Å². The highest BCUT2D eigenvalue weighted by atomic mass is 32.2. The molecule has 1 aromatic rings. The van der Waals surface area contributed by atoms with Crippen LogP contribution in [0.4, 0.5) is 13.2 Å². The van der Waals surface area contributed by atoms with Crippen LogP contribution in [0.1, 0.15) is 12.5 Å². The van der Waals surface area contributed by atoms with Crippen molar-refractivity contribution in [3.63, 3.8) is 0 Å². The summed E-state index contributed by atoms with van der Waals surface area (Å²) in [6, 6.07) is -0.252. The summed E-state index contributed by atoms with van der Waals surface area (Å²) in [6.45, 7) is 0.991. The molecule has 0 aromatic heterocycles. The fraction of sp³-hybridized carbons (Fsp3) is 0.300. The molecule has 1 rings (SSSR count). The van der Waals surface area contributed by atoms with E-state index in [4.69, 9.17) is 5.11 Å². The van der Waals surface area contributed by atoms with Crippen LogP contribution in [0, 0.1) is 0 Å². The van der Waals surface area contributed by atoms with Crippen molar-refractivity contribution >= 4 is 16.0 Å². The van der Waals surface area contributed by atoms with E-state index >= 15 is 0 Å². The molecule has 0 radical (unpaired) electrons. The number of aromatic hydroxyl groups is 1. The first-order chi connectivity index (χ1) is 8.95. The number of benzene rings is 1. The van der Waals surface area contributed by atoms with Gasteiger partial charge in [-0.1, -0.05) is 0 Å². The number of aliphatic carboxylic acids is 1. The van der Waals surface area contributed by atoms with Crippen molar-refractivity contribution in [2.45, 2.75) is 24.0 Å². The minimum Gasteiger partial charge on any atom is -0.507 e. The highest BCUT2D eigenvalue weighted by Crippen LogP contribution is 2.33. The van der Waals surface area contributed by atoms with Crippen LogP contribution in [0.2, 0.25) is 0 Å². The third-order valence-corrected chi connectivity index (χ3v) is 3.85. The van der Waals surface area contributed by atoms with Crippen molar-refractivity contribution in [1.29, 1.82) is 0 Å². The Morgan fingerprint density at radius 2 is 1.90 bits per heavy atom. The van der Waals surface area contributed by atoms with E-state index in [1.165, 1.54) is 0 Å². The van der Waals surface area contributed by atoms with Crippen LogP contribution in [0.25, 0.3) is 0 Å². The maximum Gasteiger partial charge on any atom is 0.416 e. The van der Waals surface area contributed by atoms with Gasteiger partial charge in [0.1, 0.15) is 16.7 Å². The summed E-state index contributed by atoms with van der Waals surface area (Å²) in [7, 11) is -4.60. The van der Waals surface area contributed by atoms with E-state index in [1.54, 1.807) is 4.72 Å². The number of phenolic OH excluding ortho intramolecular Hbond substituents is 1. The predicted octanol–water partition coefficient (Wildman–Crippen LogP) is 1.16. The molecule has 0 saturated heterocycles. The number of phenols is 1. The van der Waals surface area contributed by atoms with E-state index in [9.17, 15) is 31.5 Å². The van der Waals surface area contributed by atoms with Gasteiger partial charge >= 0.3 is 12.1 Å². The second kappa shape index (κ2) is 5.29. The van der Waals surface area contributed by atoms with Gasteiger partial charge in [0.25, 0.3) is 0 Å². The van der Waals surface area contributed by atoms with Crippen molar-refractivity contribution in [1.82, 2.24) is 4.72 Å². The molecule has 1 atom stereocenters. The first-order valence-electron chi connectivity index (χ1n) is 5.10. The van der Waals surface area contributed by atoms with Crippen LogP contribution in [-0.4, -0.2) is 30.6 Å².